The average molecular weight is 472 g/mol. The summed E-state index contributed by atoms with van der Waals surface area (Å²) in [5.41, 5.74) is 2.06. The minimum Gasteiger partial charge on any atom is -0.446 e. The van der Waals surface area contributed by atoms with Gasteiger partial charge in [-0.2, -0.15) is 0 Å². The lowest BCUT2D eigenvalue weighted by molar-refractivity contribution is 0.102. The highest BCUT2D eigenvalue weighted by Crippen LogP contribution is 2.52. The summed E-state index contributed by atoms with van der Waals surface area (Å²) >= 11 is 2.01. The molecule has 1 amide bonds. The molecule has 132 valence electrons. The van der Waals surface area contributed by atoms with Crippen molar-refractivity contribution in [2.75, 3.05) is 0 Å². The van der Waals surface area contributed by atoms with Crippen LogP contribution in [0.2, 0.25) is 0 Å². The minimum absolute atomic E-state index is 0.0196. The third-order valence-electron chi connectivity index (χ3n) is 5.55. The first-order valence-corrected chi connectivity index (χ1v) is 11.8. The third kappa shape index (κ3) is 3.58. The molecule has 0 aliphatic heterocycles. The van der Waals surface area contributed by atoms with Gasteiger partial charge in [0.1, 0.15) is 11.9 Å². The van der Waals surface area contributed by atoms with Crippen molar-refractivity contribution in [2.24, 2.45) is 11.8 Å². The van der Waals surface area contributed by atoms with Crippen LogP contribution < -0.4 is 4.72 Å². The Balaban J connectivity index is 1.47. The number of nitrogens with zero attached hydrogens (tertiary/aromatic N) is 1. The van der Waals surface area contributed by atoms with Crippen LogP contribution in [0, 0.1) is 17.7 Å². The van der Waals surface area contributed by atoms with Gasteiger partial charge in [0.25, 0.3) is 0 Å². The minimum atomic E-state index is -0.350. The third-order valence-corrected chi connectivity index (χ3v) is 6.45. The van der Waals surface area contributed by atoms with Crippen LogP contribution >= 0.6 is 30.3 Å². The van der Waals surface area contributed by atoms with Gasteiger partial charge in [-0.1, -0.05) is 0 Å². The van der Waals surface area contributed by atoms with Crippen molar-refractivity contribution in [3.05, 3.63) is 41.8 Å². The van der Waals surface area contributed by atoms with Crippen LogP contribution in [0.25, 0.3) is 10.9 Å². The predicted molar refractivity (Wildman–Crippen MR) is 105 cm³/mol. The molecule has 2 aromatic rings. The summed E-state index contributed by atoms with van der Waals surface area (Å²) < 4.78 is 21.8. The number of hydrogen-bond donors (Lipinski definition) is 1. The summed E-state index contributed by atoms with van der Waals surface area (Å²) in [5.74, 6) is 1.37. The standard InChI is InChI=1S/C18H18FIN2O2S/c19-13-1-2-17-16(9-13)15(3-4-21-17)12-5-10-7-14(8-11(10)6-12)24-18(23)22-25-20/h1-4,9-12,14H,5-8H2,(H,22,23). The molecule has 7 heteroatoms. The molecular weight excluding hydrogens is 454 g/mol. The zero-order valence-electron chi connectivity index (χ0n) is 13.5. The largest absolute Gasteiger partial charge is 0.446 e. The van der Waals surface area contributed by atoms with Gasteiger partial charge in [0.05, 0.1) is 5.52 Å². The fourth-order valence-corrected chi connectivity index (χ4v) is 5.26. The number of carbonyl (C=O) groups excluding carboxylic acids is 1. The highest BCUT2D eigenvalue weighted by molar-refractivity contribution is 14.2. The first-order valence-electron chi connectivity index (χ1n) is 8.42. The molecule has 0 spiro atoms. The number of ether oxygens (including phenoxy) is 1. The normalized spacial score (nSPS) is 28.1. The first kappa shape index (κ1) is 17.3. The lowest BCUT2D eigenvalue weighted by Crippen LogP contribution is -2.22. The molecule has 2 fully saturated rings. The van der Waals surface area contributed by atoms with Crippen molar-refractivity contribution >= 4 is 47.3 Å². The number of pyridine rings is 1. The summed E-state index contributed by atoms with van der Waals surface area (Å²) in [7, 11) is 1.22. The summed E-state index contributed by atoms with van der Waals surface area (Å²) in [6.07, 6.45) is 5.49. The number of benzene rings is 1. The van der Waals surface area contributed by atoms with Gasteiger partial charge >= 0.3 is 6.09 Å². The molecule has 0 saturated heterocycles. The van der Waals surface area contributed by atoms with Crippen LogP contribution in [0.5, 0.6) is 0 Å². The second-order valence-electron chi connectivity index (χ2n) is 6.93. The molecule has 1 aromatic carbocycles. The van der Waals surface area contributed by atoms with Gasteiger partial charge in [0.2, 0.25) is 0 Å². The molecule has 4 nitrogen and oxygen atoms in total. The predicted octanol–water partition coefficient (Wildman–Crippen LogP) is 5.37. The quantitative estimate of drug-likeness (QED) is 0.482. The Morgan fingerprint density at radius 3 is 2.72 bits per heavy atom. The molecule has 25 heavy (non-hydrogen) atoms. The Kier molecular flexibility index (Phi) is 5.04. The molecule has 2 aliphatic carbocycles. The summed E-state index contributed by atoms with van der Waals surface area (Å²) in [4.78, 5) is 15.9. The number of hydrogen-bond acceptors (Lipinski definition) is 4. The Morgan fingerprint density at radius 1 is 1.24 bits per heavy atom. The van der Waals surface area contributed by atoms with Crippen LogP contribution in [0.15, 0.2) is 30.5 Å². The van der Waals surface area contributed by atoms with Gasteiger partial charge in [-0.05, 0) is 73.3 Å². The van der Waals surface area contributed by atoms with Crippen LogP contribution in [0.1, 0.15) is 37.2 Å². The molecule has 1 aromatic heterocycles. The van der Waals surface area contributed by atoms with E-state index in [1.54, 1.807) is 12.1 Å². The fourth-order valence-electron chi connectivity index (χ4n) is 4.61. The topological polar surface area (TPSA) is 51.2 Å². The van der Waals surface area contributed by atoms with E-state index in [1.165, 1.54) is 20.7 Å². The summed E-state index contributed by atoms with van der Waals surface area (Å²) in [5, 5.41) is 0.929. The van der Waals surface area contributed by atoms with Gasteiger partial charge in [-0.25, -0.2) is 9.18 Å². The van der Waals surface area contributed by atoms with Gasteiger partial charge in [0, 0.05) is 41.9 Å². The first-order chi connectivity index (χ1) is 12.1. The number of rotatable bonds is 3. The van der Waals surface area contributed by atoms with Crippen molar-refractivity contribution in [1.29, 1.82) is 0 Å². The molecule has 2 saturated carbocycles. The van der Waals surface area contributed by atoms with E-state index in [-0.39, 0.29) is 18.0 Å². The van der Waals surface area contributed by atoms with Crippen molar-refractivity contribution in [3.8, 4) is 0 Å². The highest BCUT2D eigenvalue weighted by Gasteiger charge is 2.43. The molecule has 1 N–H and O–H groups in total. The van der Waals surface area contributed by atoms with Gasteiger partial charge in [0.15, 0.2) is 0 Å². The molecule has 0 bridgehead atoms. The number of fused-ring (bicyclic) bond motifs is 2. The van der Waals surface area contributed by atoms with E-state index in [9.17, 15) is 9.18 Å². The van der Waals surface area contributed by atoms with Crippen molar-refractivity contribution < 1.29 is 13.9 Å². The summed E-state index contributed by atoms with van der Waals surface area (Å²) in [6.45, 7) is 0. The van der Waals surface area contributed by atoms with Crippen LogP contribution in [0.4, 0.5) is 9.18 Å². The van der Waals surface area contributed by atoms with E-state index in [4.69, 9.17) is 4.74 Å². The maximum Gasteiger partial charge on any atom is 0.418 e. The molecular formula is C18H18FIN2O2S. The zero-order valence-corrected chi connectivity index (χ0v) is 16.4. The van der Waals surface area contributed by atoms with Crippen molar-refractivity contribution in [3.63, 3.8) is 0 Å². The maximum absolute atomic E-state index is 13.7. The second kappa shape index (κ2) is 7.26. The van der Waals surface area contributed by atoms with E-state index in [1.807, 2.05) is 33.5 Å². The van der Waals surface area contributed by atoms with Gasteiger partial charge in [-0.15, -0.1) is 0 Å². The number of aromatic nitrogens is 1. The fraction of sp³-hybridized carbons (Fsp3) is 0.444. The molecule has 1 heterocycles. The molecule has 2 atom stereocenters. The Bertz CT molecular complexity index is 792. The lowest BCUT2D eigenvalue weighted by Gasteiger charge is -2.17. The zero-order chi connectivity index (χ0) is 17.4. The number of carbonyl (C=O) groups is 1. The van der Waals surface area contributed by atoms with E-state index < -0.39 is 0 Å². The van der Waals surface area contributed by atoms with Crippen LogP contribution in [0.3, 0.4) is 0 Å². The van der Waals surface area contributed by atoms with Crippen molar-refractivity contribution in [1.82, 2.24) is 9.71 Å². The molecule has 0 radical (unpaired) electrons. The van der Waals surface area contributed by atoms with E-state index in [0.29, 0.717) is 17.8 Å². The monoisotopic (exact) mass is 472 g/mol. The average Bonchev–Trinajstić information content (AvgIpc) is 3.12. The lowest BCUT2D eigenvalue weighted by atomic mass is 9.92. The number of halogens is 2. The molecule has 2 aliphatic rings. The van der Waals surface area contributed by atoms with Gasteiger partial charge in [-0.3, -0.25) is 9.71 Å². The van der Waals surface area contributed by atoms with E-state index in [0.717, 1.165) is 36.6 Å². The van der Waals surface area contributed by atoms with Crippen LogP contribution in [-0.4, -0.2) is 17.2 Å². The van der Waals surface area contributed by atoms with Crippen molar-refractivity contribution in [2.45, 2.75) is 37.7 Å². The second-order valence-corrected chi connectivity index (χ2v) is 8.61. The Morgan fingerprint density at radius 2 is 2.00 bits per heavy atom. The SMILES string of the molecule is O=C(NSI)OC1CC2CC(c3ccnc4ccc(F)cc34)CC2C1. The highest BCUT2D eigenvalue weighted by atomic mass is 127. The Labute approximate surface area is 162 Å². The van der Waals surface area contributed by atoms with Crippen LogP contribution in [-0.2, 0) is 4.74 Å². The molecule has 4 rings (SSSR count). The van der Waals surface area contributed by atoms with Gasteiger partial charge < -0.3 is 4.74 Å². The summed E-state index contributed by atoms with van der Waals surface area (Å²) in [6, 6.07) is 6.84. The van der Waals surface area contributed by atoms with E-state index >= 15 is 0 Å². The number of nitrogens with one attached hydrogen (secondary N) is 1. The van der Waals surface area contributed by atoms with E-state index in [2.05, 4.69) is 9.71 Å². The number of amides is 1. The Hall–Kier alpha value is -1.09. The smallest absolute Gasteiger partial charge is 0.418 e. The molecule has 2 unspecified atom stereocenters. The maximum atomic E-state index is 13.7.